The molecule has 6 aromatic rings. The lowest BCUT2D eigenvalue weighted by atomic mass is 9.56. The summed E-state index contributed by atoms with van der Waals surface area (Å²) in [4.78, 5) is 77.1. The van der Waals surface area contributed by atoms with E-state index in [-0.39, 0.29) is 44.0 Å². The molecule has 4 atom stereocenters. The fourth-order valence-electron chi connectivity index (χ4n) is 9.37. The summed E-state index contributed by atoms with van der Waals surface area (Å²) in [5.74, 6) is -1.52. The normalized spacial score (nSPS) is 20.7. The van der Waals surface area contributed by atoms with Gasteiger partial charge in [-0.25, -0.2) is 33.4 Å². The monoisotopic (exact) mass is 810 g/mol. The number of para-hydroxylation sites is 1. The lowest BCUT2D eigenvalue weighted by molar-refractivity contribution is -0.129. The van der Waals surface area contributed by atoms with E-state index in [1.54, 1.807) is 68.6 Å². The van der Waals surface area contributed by atoms with Crippen LogP contribution in [0.3, 0.4) is 0 Å². The average Bonchev–Trinajstić information content (AvgIpc) is 3.62. The van der Waals surface area contributed by atoms with Crippen molar-refractivity contribution in [2.24, 2.45) is 18.4 Å². The molecule has 1 saturated heterocycles. The molecule has 4 aromatic carbocycles. The third-order valence-corrected chi connectivity index (χ3v) is 12.4. The van der Waals surface area contributed by atoms with E-state index in [0.717, 1.165) is 10.1 Å². The molecule has 1 N–H and O–H groups in total. The molecule has 3 aliphatic rings. The first-order valence-electron chi connectivity index (χ1n) is 19.6. The van der Waals surface area contributed by atoms with Gasteiger partial charge in [0.05, 0.1) is 54.9 Å². The second kappa shape index (κ2) is 14.6. The summed E-state index contributed by atoms with van der Waals surface area (Å²) >= 11 is 0. The smallest absolute Gasteiger partial charge is 0.347 e. The number of aromatic nitrogens is 5. The van der Waals surface area contributed by atoms with Crippen LogP contribution in [0.5, 0.6) is 23.0 Å². The minimum Gasteiger partial charge on any atom is -0.508 e. The van der Waals surface area contributed by atoms with Gasteiger partial charge >= 0.3 is 11.4 Å². The quantitative estimate of drug-likeness (QED) is 0.154. The maximum absolute atomic E-state index is 14.8. The van der Waals surface area contributed by atoms with E-state index in [1.807, 2.05) is 36.4 Å². The Morgan fingerprint density at radius 1 is 0.867 bits per heavy atom. The van der Waals surface area contributed by atoms with Crippen LogP contribution in [0.1, 0.15) is 42.1 Å². The van der Waals surface area contributed by atoms with Crippen LogP contribution in [0, 0.1) is 11.3 Å². The Kier molecular flexibility index (Phi) is 9.33. The van der Waals surface area contributed by atoms with Gasteiger partial charge in [-0.1, -0.05) is 60.7 Å². The van der Waals surface area contributed by atoms with Gasteiger partial charge in [-0.15, -0.1) is 0 Å². The minimum absolute atomic E-state index is 0.00859. The SMILES string of the molecule is COc1cc2nc(CCn3c(=O)n4n(c3=O)[C@@H]3C[C@H]5C(=O)N(c6ccccc6)C(=O)[C@@]5(C)[C@@H](c5ccc(OCc6ccccc6)cc5O)C3=CC4)c(=O)n(C)c2cc1OC. The van der Waals surface area contributed by atoms with Crippen molar-refractivity contribution in [1.82, 2.24) is 23.5 Å². The maximum Gasteiger partial charge on any atom is 0.347 e. The number of carbonyl (C=O) groups excluding carboxylic acids is 2. The molecule has 1 aliphatic carbocycles. The number of fused-ring (bicyclic) bond motifs is 5. The minimum atomic E-state index is -1.37. The molecule has 4 heterocycles. The standard InChI is InChI=1S/C45H42N6O9/c1-45-31(40(53)50(42(45)55)27-13-9-6-10-14-27)22-34-29(39(45)30-16-15-28(21-36(30)52)60-25-26-11-7-5-8-12-26)17-20-49-43(56)48(44(57)51(34)49)19-18-32-41(54)47(2)35-24-38(59-4)37(58-3)23-33(35)46-32/h5-17,21,23-24,31,34,39,52H,18-20,22,25H2,1-4H3/t31-,34+,39+,45+/m0/s1. The van der Waals surface area contributed by atoms with Crippen LogP contribution in [0.4, 0.5) is 5.69 Å². The summed E-state index contributed by atoms with van der Waals surface area (Å²) in [6.45, 7) is 1.86. The average molecular weight is 811 g/mol. The fraction of sp³-hybridized carbons (Fsp3) is 0.289. The second-order valence-electron chi connectivity index (χ2n) is 15.5. The van der Waals surface area contributed by atoms with Crippen molar-refractivity contribution >= 4 is 28.5 Å². The number of aryl methyl sites for hydroxylation is 2. The molecule has 0 bridgehead atoms. The number of anilines is 1. The van der Waals surface area contributed by atoms with Crippen LogP contribution >= 0.6 is 0 Å². The number of amides is 2. The number of methoxy groups -OCH3 is 2. The summed E-state index contributed by atoms with van der Waals surface area (Å²) < 4.78 is 22.1. The number of phenolic OH excluding ortho intramolecular Hbond substituents is 1. The van der Waals surface area contributed by atoms with Crippen molar-refractivity contribution in [2.45, 2.75) is 51.4 Å². The molecule has 9 rings (SSSR count). The van der Waals surface area contributed by atoms with E-state index in [2.05, 4.69) is 4.98 Å². The van der Waals surface area contributed by atoms with Crippen molar-refractivity contribution < 1.29 is 28.9 Å². The third-order valence-electron chi connectivity index (χ3n) is 12.4. The lowest BCUT2D eigenvalue weighted by Gasteiger charge is -2.47. The molecule has 2 fully saturated rings. The van der Waals surface area contributed by atoms with Crippen molar-refractivity contribution in [2.75, 3.05) is 19.1 Å². The summed E-state index contributed by atoms with van der Waals surface area (Å²) in [5.41, 5.74) is 0.513. The van der Waals surface area contributed by atoms with E-state index in [1.165, 1.54) is 39.1 Å². The fourth-order valence-corrected chi connectivity index (χ4v) is 9.37. The molecule has 60 heavy (non-hydrogen) atoms. The van der Waals surface area contributed by atoms with E-state index >= 15 is 0 Å². The number of benzene rings is 4. The Morgan fingerprint density at radius 2 is 1.57 bits per heavy atom. The van der Waals surface area contributed by atoms with Crippen LogP contribution in [0.25, 0.3) is 11.0 Å². The van der Waals surface area contributed by atoms with Crippen molar-refractivity contribution in [3.8, 4) is 23.0 Å². The van der Waals surface area contributed by atoms with Gasteiger partial charge in [0.1, 0.15) is 23.8 Å². The summed E-state index contributed by atoms with van der Waals surface area (Å²) in [6, 6.07) is 25.7. The van der Waals surface area contributed by atoms with Gasteiger partial charge in [0.15, 0.2) is 11.5 Å². The largest absolute Gasteiger partial charge is 0.508 e. The van der Waals surface area contributed by atoms with Crippen LogP contribution < -0.4 is 36.0 Å². The molecule has 2 amide bonds. The molecule has 0 unspecified atom stereocenters. The second-order valence-corrected chi connectivity index (χ2v) is 15.5. The number of hydrogen-bond donors (Lipinski definition) is 1. The molecule has 2 aromatic heterocycles. The number of aromatic hydroxyl groups is 1. The molecular formula is C45H42N6O9. The van der Waals surface area contributed by atoms with Gasteiger partial charge in [-0.2, -0.15) is 0 Å². The van der Waals surface area contributed by atoms with E-state index in [0.29, 0.717) is 45.1 Å². The highest BCUT2D eigenvalue weighted by Crippen LogP contribution is 2.62. The Bertz CT molecular complexity index is 2930. The first-order valence-corrected chi connectivity index (χ1v) is 19.6. The van der Waals surface area contributed by atoms with E-state index < -0.39 is 52.0 Å². The highest BCUT2D eigenvalue weighted by molar-refractivity contribution is 6.24. The summed E-state index contributed by atoms with van der Waals surface area (Å²) in [7, 11) is 4.60. The van der Waals surface area contributed by atoms with Gasteiger partial charge in [0, 0.05) is 49.7 Å². The highest BCUT2D eigenvalue weighted by atomic mass is 16.5. The van der Waals surface area contributed by atoms with Crippen LogP contribution in [0.2, 0.25) is 0 Å². The topological polar surface area (TPSA) is 169 Å². The zero-order chi connectivity index (χ0) is 42.0. The maximum atomic E-state index is 14.8. The highest BCUT2D eigenvalue weighted by Gasteiger charge is 2.65. The van der Waals surface area contributed by atoms with Gasteiger partial charge < -0.3 is 23.9 Å². The molecular weight excluding hydrogens is 769 g/mol. The number of phenols is 1. The lowest BCUT2D eigenvalue weighted by Crippen LogP contribution is -2.49. The zero-order valence-corrected chi connectivity index (χ0v) is 33.4. The van der Waals surface area contributed by atoms with Gasteiger partial charge in [0.2, 0.25) is 11.8 Å². The number of nitrogens with zero attached hydrogens (tertiary/aromatic N) is 6. The Morgan fingerprint density at radius 3 is 2.27 bits per heavy atom. The first-order chi connectivity index (χ1) is 29.0. The van der Waals surface area contributed by atoms with Crippen LogP contribution in [0.15, 0.2) is 117 Å². The predicted molar refractivity (Wildman–Crippen MR) is 221 cm³/mol. The number of rotatable bonds is 10. The summed E-state index contributed by atoms with van der Waals surface area (Å²) in [5, 5.41) is 11.7. The van der Waals surface area contributed by atoms with E-state index in [9.17, 15) is 29.1 Å². The van der Waals surface area contributed by atoms with Gasteiger partial charge in [-0.05, 0) is 42.7 Å². The molecule has 15 nitrogen and oxygen atoms in total. The Labute approximate surface area is 342 Å². The van der Waals surface area contributed by atoms with Crippen molar-refractivity contribution in [3.63, 3.8) is 0 Å². The van der Waals surface area contributed by atoms with E-state index in [4.69, 9.17) is 14.2 Å². The first kappa shape index (κ1) is 38.4. The molecule has 1 saturated carbocycles. The van der Waals surface area contributed by atoms with Crippen molar-refractivity contribution in [1.29, 1.82) is 0 Å². The van der Waals surface area contributed by atoms with Gasteiger partial charge in [0.25, 0.3) is 5.56 Å². The molecule has 0 spiro atoms. The molecule has 0 radical (unpaired) electrons. The third kappa shape index (κ3) is 5.86. The van der Waals surface area contributed by atoms with Crippen LogP contribution in [-0.2, 0) is 42.8 Å². The Hall–Kier alpha value is -7.16. The molecule has 15 heteroatoms. The zero-order valence-electron chi connectivity index (χ0n) is 33.4. The number of allylic oxidation sites excluding steroid dienone is 2. The van der Waals surface area contributed by atoms with Gasteiger partial charge in [-0.3, -0.25) is 14.4 Å². The van der Waals surface area contributed by atoms with Crippen molar-refractivity contribution in [3.05, 3.63) is 151 Å². The number of ether oxygens (including phenoxy) is 3. The number of imide groups is 1. The molecule has 2 aliphatic heterocycles. The predicted octanol–water partition coefficient (Wildman–Crippen LogP) is 4.47. The number of hydrogen-bond acceptors (Lipinski definition) is 10. The Balaban J connectivity index is 1.10. The summed E-state index contributed by atoms with van der Waals surface area (Å²) in [6.07, 6.45) is 1.84. The number of carbonyl (C=O) groups is 2. The van der Waals surface area contributed by atoms with Crippen LogP contribution in [-0.4, -0.2) is 54.6 Å². The molecule has 306 valence electrons.